The Balaban J connectivity index is 2.15. The molecule has 0 saturated heterocycles. The van der Waals surface area contributed by atoms with E-state index in [9.17, 15) is 9.59 Å². The van der Waals surface area contributed by atoms with E-state index in [1.807, 2.05) is 6.07 Å². The van der Waals surface area contributed by atoms with Crippen LogP contribution in [0, 0.1) is 0 Å². The zero-order valence-corrected chi connectivity index (χ0v) is 14.2. The molecule has 128 valence electrons. The molecule has 1 N–H and O–H groups in total. The van der Waals surface area contributed by atoms with Crippen molar-refractivity contribution in [1.29, 1.82) is 0 Å². The van der Waals surface area contributed by atoms with Crippen LogP contribution in [0.1, 0.15) is 30.6 Å². The number of pyridine rings is 1. The normalized spacial score (nSPS) is 11.0. The molecule has 2 aromatic rings. The van der Waals surface area contributed by atoms with Crippen molar-refractivity contribution in [2.45, 2.75) is 26.8 Å². The second kappa shape index (κ2) is 8.45. The predicted molar refractivity (Wildman–Crippen MR) is 95.5 cm³/mol. The van der Waals surface area contributed by atoms with Crippen molar-refractivity contribution in [3.05, 3.63) is 58.5 Å². The van der Waals surface area contributed by atoms with Crippen molar-refractivity contribution in [2.24, 2.45) is 0 Å². The van der Waals surface area contributed by atoms with E-state index in [4.69, 9.17) is 5.11 Å². The summed E-state index contributed by atoms with van der Waals surface area (Å²) in [5.74, 6) is -0.969. The van der Waals surface area contributed by atoms with Gasteiger partial charge >= 0.3 is 5.97 Å². The molecule has 0 aliphatic rings. The lowest BCUT2D eigenvalue weighted by Gasteiger charge is -2.18. The van der Waals surface area contributed by atoms with Crippen molar-refractivity contribution in [3.8, 4) is 11.1 Å². The Labute approximate surface area is 142 Å². The van der Waals surface area contributed by atoms with E-state index in [0.717, 1.165) is 31.6 Å². The number of benzene rings is 1. The van der Waals surface area contributed by atoms with Crippen LogP contribution in [0.4, 0.5) is 0 Å². The average molecular weight is 328 g/mol. The van der Waals surface area contributed by atoms with E-state index in [0.29, 0.717) is 12.1 Å². The first-order valence-corrected chi connectivity index (χ1v) is 8.32. The summed E-state index contributed by atoms with van der Waals surface area (Å²) < 4.78 is 1.73. The number of hydrogen-bond donors (Lipinski definition) is 1. The minimum atomic E-state index is -0.969. The van der Waals surface area contributed by atoms with Crippen LogP contribution >= 0.6 is 0 Å². The summed E-state index contributed by atoms with van der Waals surface area (Å²) in [7, 11) is 0. The van der Waals surface area contributed by atoms with Crippen LogP contribution in [0.5, 0.6) is 0 Å². The van der Waals surface area contributed by atoms with Gasteiger partial charge in [-0.15, -0.1) is 0 Å². The summed E-state index contributed by atoms with van der Waals surface area (Å²) >= 11 is 0. The Morgan fingerprint density at radius 3 is 2.38 bits per heavy atom. The van der Waals surface area contributed by atoms with Gasteiger partial charge in [0.05, 0.1) is 5.56 Å². The number of carboxylic acids is 1. The van der Waals surface area contributed by atoms with Gasteiger partial charge < -0.3 is 14.6 Å². The maximum absolute atomic E-state index is 12.6. The second-order valence-electron chi connectivity index (χ2n) is 5.68. The molecule has 1 aromatic carbocycles. The molecule has 0 aliphatic heterocycles. The molecule has 1 aromatic heterocycles. The molecule has 24 heavy (non-hydrogen) atoms. The first-order chi connectivity index (χ1) is 11.6. The van der Waals surface area contributed by atoms with Crippen LogP contribution in [0.3, 0.4) is 0 Å². The van der Waals surface area contributed by atoms with Gasteiger partial charge in [-0.3, -0.25) is 4.79 Å². The fourth-order valence-corrected chi connectivity index (χ4v) is 2.73. The summed E-state index contributed by atoms with van der Waals surface area (Å²) in [5.41, 5.74) is 1.51. The number of aryl methyl sites for hydroxylation is 1. The Morgan fingerprint density at radius 2 is 1.79 bits per heavy atom. The molecule has 0 spiro atoms. The van der Waals surface area contributed by atoms with E-state index in [1.165, 1.54) is 12.1 Å². The van der Waals surface area contributed by atoms with Crippen molar-refractivity contribution < 1.29 is 9.90 Å². The van der Waals surface area contributed by atoms with Crippen molar-refractivity contribution in [3.63, 3.8) is 0 Å². The fourth-order valence-electron chi connectivity index (χ4n) is 2.73. The first kappa shape index (κ1) is 17.9. The van der Waals surface area contributed by atoms with Gasteiger partial charge in [0, 0.05) is 18.3 Å². The maximum atomic E-state index is 12.6. The van der Waals surface area contributed by atoms with Crippen LogP contribution < -0.4 is 5.56 Å². The molecule has 0 radical (unpaired) electrons. The summed E-state index contributed by atoms with van der Waals surface area (Å²) in [5, 5.41) is 8.96. The molecule has 0 fully saturated rings. The standard InChI is InChI=1S/C19H24N2O3/c1-3-20(4-2)12-6-14-21-13-5-7-17(18(21)22)15-8-10-16(11-9-15)19(23)24/h5,7-11,13H,3-4,6,12,14H2,1-2H3,(H,23,24). The van der Waals surface area contributed by atoms with E-state index in [2.05, 4.69) is 18.7 Å². The van der Waals surface area contributed by atoms with Gasteiger partial charge in [-0.25, -0.2) is 4.79 Å². The highest BCUT2D eigenvalue weighted by Gasteiger charge is 2.08. The largest absolute Gasteiger partial charge is 0.478 e. The van der Waals surface area contributed by atoms with Crippen LogP contribution in [0.25, 0.3) is 11.1 Å². The van der Waals surface area contributed by atoms with Gasteiger partial charge in [0.15, 0.2) is 0 Å². The molecule has 0 atom stereocenters. The minimum absolute atomic E-state index is 0.0416. The molecule has 5 nitrogen and oxygen atoms in total. The molecule has 0 aliphatic carbocycles. The Kier molecular flexibility index (Phi) is 6.32. The molecule has 1 heterocycles. The van der Waals surface area contributed by atoms with Crippen LogP contribution in [-0.4, -0.2) is 40.2 Å². The highest BCUT2D eigenvalue weighted by Crippen LogP contribution is 2.16. The first-order valence-electron chi connectivity index (χ1n) is 8.32. The Hall–Kier alpha value is -2.40. The van der Waals surface area contributed by atoms with Gasteiger partial charge in [0.1, 0.15) is 0 Å². The number of carbonyl (C=O) groups is 1. The Morgan fingerprint density at radius 1 is 1.12 bits per heavy atom. The SMILES string of the molecule is CCN(CC)CCCn1cccc(-c2ccc(C(=O)O)cc2)c1=O. The van der Waals surface area contributed by atoms with Crippen LogP contribution in [-0.2, 0) is 6.54 Å². The topological polar surface area (TPSA) is 62.5 Å². The Bertz CT molecular complexity index is 731. The molecule has 2 rings (SSSR count). The molecule has 0 bridgehead atoms. The van der Waals surface area contributed by atoms with E-state index in [-0.39, 0.29) is 11.1 Å². The van der Waals surface area contributed by atoms with E-state index in [1.54, 1.807) is 29.0 Å². The molecule has 5 heteroatoms. The lowest BCUT2D eigenvalue weighted by molar-refractivity contribution is 0.0697. The number of carboxylic acid groups (broad SMARTS) is 1. The van der Waals surface area contributed by atoms with Gasteiger partial charge in [-0.05, 0) is 55.9 Å². The van der Waals surface area contributed by atoms with Gasteiger partial charge in [-0.1, -0.05) is 26.0 Å². The predicted octanol–water partition coefficient (Wildman–Crippen LogP) is 2.95. The van der Waals surface area contributed by atoms with Gasteiger partial charge in [0.2, 0.25) is 0 Å². The maximum Gasteiger partial charge on any atom is 0.335 e. The highest BCUT2D eigenvalue weighted by molar-refractivity contribution is 5.88. The minimum Gasteiger partial charge on any atom is -0.478 e. The monoisotopic (exact) mass is 328 g/mol. The van der Waals surface area contributed by atoms with Crippen LogP contribution in [0.2, 0.25) is 0 Å². The molecular formula is C19H24N2O3. The molecular weight excluding hydrogens is 304 g/mol. The number of aromatic nitrogens is 1. The van der Waals surface area contributed by atoms with Crippen molar-refractivity contribution in [2.75, 3.05) is 19.6 Å². The summed E-state index contributed by atoms with van der Waals surface area (Å²) in [6.45, 7) is 7.95. The van der Waals surface area contributed by atoms with Crippen molar-refractivity contribution in [1.82, 2.24) is 9.47 Å². The number of aromatic carboxylic acids is 1. The summed E-state index contributed by atoms with van der Waals surface area (Å²) in [6, 6.07) is 10.0. The number of hydrogen-bond acceptors (Lipinski definition) is 3. The molecule has 0 amide bonds. The molecule has 0 saturated carbocycles. The van der Waals surface area contributed by atoms with Crippen LogP contribution in [0.15, 0.2) is 47.4 Å². The van der Waals surface area contributed by atoms with E-state index < -0.39 is 5.97 Å². The third kappa shape index (κ3) is 4.32. The zero-order chi connectivity index (χ0) is 17.5. The summed E-state index contributed by atoms with van der Waals surface area (Å²) in [6.07, 6.45) is 2.72. The second-order valence-corrected chi connectivity index (χ2v) is 5.68. The smallest absolute Gasteiger partial charge is 0.335 e. The zero-order valence-electron chi connectivity index (χ0n) is 14.2. The molecule has 0 unspecified atom stereocenters. The number of rotatable bonds is 8. The lowest BCUT2D eigenvalue weighted by atomic mass is 10.1. The highest BCUT2D eigenvalue weighted by atomic mass is 16.4. The number of nitrogens with zero attached hydrogens (tertiary/aromatic N) is 2. The van der Waals surface area contributed by atoms with Crippen molar-refractivity contribution >= 4 is 5.97 Å². The quantitative estimate of drug-likeness (QED) is 0.809. The van der Waals surface area contributed by atoms with Gasteiger partial charge in [0.25, 0.3) is 5.56 Å². The summed E-state index contributed by atoms with van der Waals surface area (Å²) in [4.78, 5) is 25.9. The third-order valence-electron chi connectivity index (χ3n) is 4.23. The fraction of sp³-hybridized carbons (Fsp3) is 0.368. The lowest BCUT2D eigenvalue weighted by Crippen LogP contribution is -2.27. The third-order valence-corrected chi connectivity index (χ3v) is 4.23. The average Bonchev–Trinajstić information content (AvgIpc) is 2.60. The van der Waals surface area contributed by atoms with Gasteiger partial charge in [-0.2, -0.15) is 0 Å². The van der Waals surface area contributed by atoms with E-state index >= 15 is 0 Å².